The van der Waals surface area contributed by atoms with E-state index in [2.05, 4.69) is 20.8 Å². The topological polar surface area (TPSA) is 71.3 Å². The third-order valence-corrected chi connectivity index (χ3v) is 3.67. The Morgan fingerprint density at radius 2 is 1.95 bits per heavy atom. The van der Waals surface area contributed by atoms with Gasteiger partial charge in [-0.05, 0) is 37.1 Å². The Hall–Kier alpha value is -2.89. The lowest BCUT2D eigenvalue weighted by atomic mass is 10.2. The molecule has 3 aromatic rings. The minimum atomic E-state index is -0.152. The van der Waals surface area contributed by atoms with Gasteiger partial charge in [-0.2, -0.15) is 0 Å². The van der Waals surface area contributed by atoms with Gasteiger partial charge in [0.2, 0.25) is 0 Å². The lowest BCUT2D eigenvalue weighted by molar-refractivity contribution is 0.102. The summed E-state index contributed by atoms with van der Waals surface area (Å²) in [6, 6.07) is 11.8. The van der Waals surface area contributed by atoms with E-state index in [1.807, 2.05) is 24.3 Å². The van der Waals surface area contributed by atoms with Crippen molar-refractivity contribution in [1.82, 2.24) is 14.6 Å². The standard InChI is InChI=1S/C16H15N5O/c22-16(11-5-8-15-20-17-10-21(15)9-11)19-14-4-2-1-3-13(14)18-12-6-7-12/h1-5,8-10,12,18H,6-7H2,(H,19,22). The van der Waals surface area contributed by atoms with Gasteiger partial charge in [0, 0.05) is 12.2 Å². The molecular weight excluding hydrogens is 278 g/mol. The van der Waals surface area contributed by atoms with E-state index in [1.165, 1.54) is 12.8 Å². The molecule has 6 nitrogen and oxygen atoms in total. The fraction of sp³-hybridized carbons (Fsp3) is 0.188. The van der Waals surface area contributed by atoms with Gasteiger partial charge in [-0.1, -0.05) is 12.1 Å². The SMILES string of the molecule is O=C(Nc1ccccc1NC1CC1)c1ccc2nncn2c1. The van der Waals surface area contributed by atoms with Crippen molar-refractivity contribution in [3.63, 3.8) is 0 Å². The van der Waals surface area contributed by atoms with Crippen LogP contribution in [0.5, 0.6) is 0 Å². The van der Waals surface area contributed by atoms with Crippen LogP contribution in [-0.4, -0.2) is 26.5 Å². The van der Waals surface area contributed by atoms with Crippen LogP contribution in [0.25, 0.3) is 5.65 Å². The van der Waals surface area contributed by atoms with Gasteiger partial charge >= 0.3 is 0 Å². The van der Waals surface area contributed by atoms with Crippen LogP contribution >= 0.6 is 0 Å². The maximum absolute atomic E-state index is 12.4. The van der Waals surface area contributed by atoms with Crippen LogP contribution < -0.4 is 10.6 Å². The number of amides is 1. The summed E-state index contributed by atoms with van der Waals surface area (Å²) in [5, 5.41) is 14.1. The first-order valence-electron chi connectivity index (χ1n) is 7.26. The van der Waals surface area contributed by atoms with Crippen LogP contribution in [0, 0.1) is 0 Å². The summed E-state index contributed by atoms with van der Waals surface area (Å²) in [7, 11) is 0. The van der Waals surface area contributed by atoms with E-state index in [0.717, 1.165) is 11.4 Å². The molecule has 0 unspecified atom stereocenters. The van der Waals surface area contributed by atoms with Crippen LogP contribution in [0.2, 0.25) is 0 Å². The van der Waals surface area contributed by atoms with E-state index in [-0.39, 0.29) is 5.91 Å². The molecule has 22 heavy (non-hydrogen) atoms. The van der Waals surface area contributed by atoms with Crippen molar-refractivity contribution in [2.45, 2.75) is 18.9 Å². The molecule has 2 N–H and O–H groups in total. The zero-order chi connectivity index (χ0) is 14.9. The number of nitrogens with one attached hydrogen (secondary N) is 2. The Bertz CT molecular complexity index is 837. The van der Waals surface area contributed by atoms with Gasteiger partial charge in [-0.15, -0.1) is 10.2 Å². The first-order valence-corrected chi connectivity index (χ1v) is 7.26. The number of fused-ring (bicyclic) bond motifs is 1. The van der Waals surface area contributed by atoms with Gasteiger partial charge in [0.05, 0.1) is 16.9 Å². The van der Waals surface area contributed by atoms with Crippen LogP contribution in [0.1, 0.15) is 23.2 Å². The molecule has 1 aromatic carbocycles. The molecule has 0 bridgehead atoms. The number of carbonyl (C=O) groups is 1. The van der Waals surface area contributed by atoms with E-state index in [0.29, 0.717) is 17.3 Å². The molecule has 2 heterocycles. The Balaban J connectivity index is 1.58. The van der Waals surface area contributed by atoms with E-state index >= 15 is 0 Å². The van der Waals surface area contributed by atoms with Gasteiger partial charge < -0.3 is 10.6 Å². The number of rotatable bonds is 4. The Kier molecular flexibility index (Phi) is 3.00. The van der Waals surface area contributed by atoms with E-state index in [4.69, 9.17) is 0 Å². The van der Waals surface area contributed by atoms with Crippen molar-refractivity contribution in [2.75, 3.05) is 10.6 Å². The molecule has 110 valence electrons. The molecule has 0 atom stereocenters. The second-order valence-electron chi connectivity index (χ2n) is 5.43. The molecule has 0 spiro atoms. The van der Waals surface area contributed by atoms with Crippen molar-refractivity contribution in [3.8, 4) is 0 Å². The van der Waals surface area contributed by atoms with Gasteiger partial charge in [0.15, 0.2) is 5.65 Å². The van der Waals surface area contributed by atoms with Crippen LogP contribution in [-0.2, 0) is 0 Å². The van der Waals surface area contributed by atoms with E-state index < -0.39 is 0 Å². The van der Waals surface area contributed by atoms with Gasteiger partial charge in [-0.3, -0.25) is 9.20 Å². The highest BCUT2D eigenvalue weighted by Crippen LogP contribution is 2.29. The van der Waals surface area contributed by atoms with Gasteiger partial charge in [0.25, 0.3) is 5.91 Å². The Morgan fingerprint density at radius 3 is 2.77 bits per heavy atom. The van der Waals surface area contributed by atoms with Crippen molar-refractivity contribution in [3.05, 3.63) is 54.5 Å². The molecule has 0 aliphatic heterocycles. The average molecular weight is 293 g/mol. The maximum Gasteiger partial charge on any atom is 0.257 e. The second-order valence-corrected chi connectivity index (χ2v) is 5.43. The zero-order valence-corrected chi connectivity index (χ0v) is 11.9. The van der Waals surface area contributed by atoms with Crippen LogP contribution in [0.4, 0.5) is 11.4 Å². The highest BCUT2D eigenvalue weighted by molar-refractivity contribution is 6.05. The molecule has 1 amide bonds. The van der Waals surface area contributed by atoms with Gasteiger partial charge in [-0.25, -0.2) is 0 Å². The summed E-state index contributed by atoms with van der Waals surface area (Å²) < 4.78 is 1.73. The van der Waals surface area contributed by atoms with Crippen LogP contribution in [0.15, 0.2) is 48.9 Å². The summed E-state index contributed by atoms with van der Waals surface area (Å²) in [6.07, 6.45) is 5.68. The highest BCUT2D eigenvalue weighted by atomic mass is 16.1. The lowest BCUT2D eigenvalue weighted by Gasteiger charge is -2.12. The van der Waals surface area contributed by atoms with Crippen LogP contribution in [0.3, 0.4) is 0 Å². The smallest absolute Gasteiger partial charge is 0.257 e. The summed E-state index contributed by atoms with van der Waals surface area (Å²) >= 11 is 0. The number of benzene rings is 1. The molecule has 6 heteroatoms. The number of anilines is 2. The summed E-state index contributed by atoms with van der Waals surface area (Å²) in [5.41, 5.74) is 3.04. The van der Waals surface area contributed by atoms with E-state index in [1.54, 1.807) is 29.1 Å². The average Bonchev–Trinajstić information content (AvgIpc) is 3.22. The number of hydrogen-bond donors (Lipinski definition) is 2. The highest BCUT2D eigenvalue weighted by Gasteiger charge is 2.22. The molecule has 1 saturated carbocycles. The predicted molar refractivity (Wildman–Crippen MR) is 84.0 cm³/mol. The maximum atomic E-state index is 12.4. The fourth-order valence-electron chi connectivity index (χ4n) is 2.32. The third-order valence-electron chi connectivity index (χ3n) is 3.67. The zero-order valence-electron chi connectivity index (χ0n) is 11.9. The number of carbonyl (C=O) groups excluding carboxylic acids is 1. The molecule has 1 fully saturated rings. The monoisotopic (exact) mass is 293 g/mol. The van der Waals surface area contributed by atoms with E-state index in [9.17, 15) is 4.79 Å². The number of hydrogen-bond acceptors (Lipinski definition) is 4. The van der Waals surface area contributed by atoms with Crippen molar-refractivity contribution >= 4 is 22.9 Å². The minimum Gasteiger partial charge on any atom is -0.381 e. The third kappa shape index (κ3) is 2.50. The molecule has 0 radical (unpaired) electrons. The number of para-hydroxylation sites is 2. The largest absolute Gasteiger partial charge is 0.381 e. The second kappa shape index (κ2) is 5.14. The van der Waals surface area contributed by atoms with Crippen molar-refractivity contribution in [2.24, 2.45) is 0 Å². The molecule has 0 saturated heterocycles. The number of pyridine rings is 1. The molecular formula is C16H15N5O. The minimum absolute atomic E-state index is 0.152. The Labute approximate surface area is 127 Å². The van der Waals surface area contributed by atoms with Crippen molar-refractivity contribution in [1.29, 1.82) is 0 Å². The Morgan fingerprint density at radius 1 is 1.14 bits per heavy atom. The summed E-state index contributed by atoms with van der Waals surface area (Å²) in [6.45, 7) is 0. The summed E-state index contributed by atoms with van der Waals surface area (Å²) in [4.78, 5) is 12.4. The first kappa shape index (κ1) is 12.8. The fourth-order valence-corrected chi connectivity index (χ4v) is 2.32. The first-order chi connectivity index (χ1) is 10.8. The van der Waals surface area contributed by atoms with Crippen molar-refractivity contribution < 1.29 is 4.79 Å². The molecule has 1 aliphatic rings. The molecule has 2 aromatic heterocycles. The predicted octanol–water partition coefficient (Wildman–Crippen LogP) is 2.56. The molecule has 1 aliphatic carbocycles. The molecule has 4 rings (SSSR count). The lowest BCUT2D eigenvalue weighted by Crippen LogP contribution is -2.14. The number of aromatic nitrogens is 3. The van der Waals surface area contributed by atoms with Gasteiger partial charge in [0.1, 0.15) is 6.33 Å². The number of nitrogens with zero attached hydrogens (tertiary/aromatic N) is 3. The summed E-state index contributed by atoms with van der Waals surface area (Å²) in [5.74, 6) is -0.152. The quantitative estimate of drug-likeness (QED) is 0.775. The normalized spacial score (nSPS) is 14.0.